The van der Waals surface area contributed by atoms with Gasteiger partial charge in [0.15, 0.2) is 0 Å². The van der Waals surface area contributed by atoms with Gasteiger partial charge in [0, 0.05) is 5.69 Å². The lowest BCUT2D eigenvalue weighted by Crippen LogP contribution is -2.46. The van der Waals surface area contributed by atoms with Crippen LogP contribution in [0.25, 0.3) is 0 Å². The Balaban J connectivity index is 2.05. The number of carbonyl (C=O) groups excluding carboxylic acids is 2. The van der Waals surface area contributed by atoms with Crippen LogP contribution in [0.5, 0.6) is 0 Å². The molecule has 2 unspecified atom stereocenters. The van der Waals surface area contributed by atoms with Gasteiger partial charge in [-0.3, -0.25) is 9.59 Å². The molecule has 1 heterocycles. The molecule has 1 aliphatic rings. The van der Waals surface area contributed by atoms with Crippen LogP contribution in [0.15, 0.2) is 18.2 Å². The minimum absolute atomic E-state index is 0.0918. The van der Waals surface area contributed by atoms with Crippen molar-refractivity contribution in [3.63, 3.8) is 0 Å². The molecule has 1 aromatic rings. The number of rotatable bonds is 4. The van der Waals surface area contributed by atoms with Crippen LogP contribution in [0.2, 0.25) is 5.02 Å². The molecule has 21 heavy (non-hydrogen) atoms. The molecule has 0 saturated carbocycles. The smallest absolute Gasteiger partial charge is 0.250 e. The topological polar surface area (TPSA) is 84.2 Å². The highest BCUT2D eigenvalue weighted by Gasteiger charge is 2.26. The predicted molar refractivity (Wildman–Crippen MR) is 83.4 cm³/mol. The Morgan fingerprint density at radius 3 is 2.90 bits per heavy atom. The molecule has 0 aliphatic carbocycles. The monoisotopic (exact) mass is 309 g/mol. The van der Waals surface area contributed by atoms with Crippen molar-refractivity contribution < 1.29 is 9.59 Å². The molecule has 0 bridgehead atoms. The van der Waals surface area contributed by atoms with Gasteiger partial charge in [0.1, 0.15) is 0 Å². The zero-order valence-corrected chi connectivity index (χ0v) is 12.7. The van der Waals surface area contributed by atoms with Crippen LogP contribution in [-0.2, 0) is 4.79 Å². The summed E-state index contributed by atoms with van der Waals surface area (Å²) in [5.41, 5.74) is 5.98. The summed E-state index contributed by atoms with van der Waals surface area (Å²) in [6.07, 6.45) is 3.02. The lowest BCUT2D eigenvalue weighted by Gasteiger charge is -2.28. The maximum Gasteiger partial charge on any atom is 0.250 e. The third kappa shape index (κ3) is 3.95. The summed E-state index contributed by atoms with van der Waals surface area (Å²) in [6.45, 7) is 2.99. The molecule has 4 N–H and O–H groups in total. The van der Waals surface area contributed by atoms with E-state index in [-0.39, 0.29) is 22.5 Å². The first-order chi connectivity index (χ1) is 10.0. The van der Waals surface area contributed by atoms with E-state index in [1.54, 1.807) is 12.1 Å². The first-order valence-electron chi connectivity index (χ1n) is 7.14. The second-order valence-corrected chi connectivity index (χ2v) is 5.76. The lowest BCUT2D eigenvalue weighted by atomic mass is 9.90. The molecule has 2 atom stereocenters. The van der Waals surface area contributed by atoms with Crippen molar-refractivity contribution in [2.24, 2.45) is 11.7 Å². The average Bonchev–Trinajstić information content (AvgIpc) is 2.49. The SMILES string of the molecule is CCC1CCNC(C(=O)Nc2ccc(Cl)c(C(N)=O)c2)C1. The minimum Gasteiger partial charge on any atom is -0.366 e. The number of hydrogen-bond acceptors (Lipinski definition) is 3. The van der Waals surface area contributed by atoms with Crippen molar-refractivity contribution >= 4 is 29.1 Å². The summed E-state index contributed by atoms with van der Waals surface area (Å²) < 4.78 is 0. The van der Waals surface area contributed by atoms with Gasteiger partial charge in [-0.15, -0.1) is 0 Å². The van der Waals surface area contributed by atoms with E-state index in [0.717, 1.165) is 25.8 Å². The van der Waals surface area contributed by atoms with Crippen LogP contribution in [0, 0.1) is 5.92 Å². The molecule has 2 amide bonds. The van der Waals surface area contributed by atoms with Crippen molar-refractivity contribution in [1.29, 1.82) is 0 Å². The number of nitrogens with two attached hydrogens (primary N) is 1. The quantitative estimate of drug-likeness (QED) is 0.797. The van der Waals surface area contributed by atoms with E-state index >= 15 is 0 Å². The van der Waals surface area contributed by atoms with Gasteiger partial charge in [-0.1, -0.05) is 24.9 Å². The number of halogens is 1. The Morgan fingerprint density at radius 1 is 1.48 bits per heavy atom. The molecule has 1 fully saturated rings. The fourth-order valence-electron chi connectivity index (χ4n) is 2.59. The van der Waals surface area contributed by atoms with Crippen molar-refractivity contribution in [2.45, 2.75) is 32.2 Å². The third-order valence-electron chi connectivity index (χ3n) is 3.91. The number of primary amides is 1. The summed E-state index contributed by atoms with van der Waals surface area (Å²) in [5.74, 6) is -0.128. The Kier molecular flexibility index (Phi) is 5.20. The molecule has 1 aromatic carbocycles. The first-order valence-corrected chi connectivity index (χ1v) is 7.52. The Labute approximate surface area is 129 Å². The first kappa shape index (κ1) is 15.8. The number of benzene rings is 1. The molecule has 114 valence electrons. The van der Waals surface area contributed by atoms with E-state index in [1.807, 2.05) is 0 Å². The summed E-state index contributed by atoms with van der Waals surface area (Å²) >= 11 is 5.89. The molecular formula is C15H20ClN3O2. The molecular weight excluding hydrogens is 290 g/mol. The molecule has 0 spiro atoms. The number of amides is 2. The molecule has 1 saturated heterocycles. The zero-order chi connectivity index (χ0) is 15.4. The van der Waals surface area contributed by atoms with Crippen LogP contribution in [-0.4, -0.2) is 24.4 Å². The van der Waals surface area contributed by atoms with E-state index in [0.29, 0.717) is 11.6 Å². The third-order valence-corrected chi connectivity index (χ3v) is 4.24. The number of hydrogen-bond donors (Lipinski definition) is 3. The van der Waals surface area contributed by atoms with Crippen LogP contribution in [0.1, 0.15) is 36.5 Å². The summed E-state index contributed by atoms with van der Waals surface area (Å²) in [5, 5.41) is 6.31. The Morgan fingerprint density at radius 2 is 2.24 bits per heavy atom. The fraction of sp³-hybridized carbons (Fsp3) is 0.467. The number of anilines is 1. The van der Waals surface area contributed by atoms with Crippen LogP contribution in [0.3, 0.4) is 0 Å². The maximum absolute atomic E-state index is 12.3. The van der Waals surface area contributed by atoms with Gasteiger partial charge in [0.05, 0.1) is 16.6 Å². The van der Waals surface area contributed by atoms with Crippen LogP contribution >= 0.6 is 11.6 Å². The van der Waals surface area contributed by atoms with Crippen LogP contribution < -0.4 is 16.4 Å². The van der Waals surface area contributed by atoms with Gasteiger partial charge in [-0.05, 0) is 43.5 Å². The predicted octanol–water partition coefficient (Wildman–Crippen LogP) is 2.16. The average molecular weight is 310 g/mol. The summed E-state index contributed by atoms with van der Waals surface area (Å²) in [4.78, 5) is 23.5. The van der Waals surface area contributed by atoms with E-state index in [2.05, 4.69) is 17.6 Å². The van der Waals surface area contributed by atoms with E-state index < -0.39 is 5.91 Å². The van der Waals surface area contributed by atoms with Gasteiger partial charge < -0.3 is 16.4 Å². The molecule has 1 aliphatic heterocycles. The fourth-order valence-corrected chi connectivity index (χ4v) is 2.80. The zero-order valence-electron chi connectivity index (χ0n) is 12.0. The van der Waals surface area contributed by atoms with Gasteiger partial charge >= 0.3 is 0 Å². The highest BCUT2D eigenvalue weighted by molar-refractivity contribution is 6.34. The molecule has 6 heteroatoms. The van der Waals surface area contributed by atoms with Gasteiger partial charge in [-0.2, -0.15) is 0 Å². The second-order valence-electron chi connectivity index (χ2n) is 5.35. The normalized spacial score (nSPS) is 21.8. The number of nitrogens with one attached hydrogen (secondary N) is 2. The van der Waals surface area contributed by atoms with Crippen molar-refractivity contribution in [2.75, 3.05) is 11.9 Å². The van der Waals surface area contributed by atoms with Gasteiger partial charge in [-0.25, -0.2) is 0 Å². The summed E-state index contributed by atoms with van der Waals surface area (Å²) in [6, 6.07) is 4.52. The number of carbonyl (C=O) groups is 2. The van der Waals surface area contributed by atoms with E-state index in [9.17, 15) is 9.59 Å². The largest absolute Gasteiger partial charge is 0.366 e. The molecule has 0 radical (unpaired) electrons. The van der Waals surface area contributed by atoms with E-state index in [1.165, 1.54) is 6.07 Å². The van der Waals surface area contributed by atoms with Crippen LogP contribution in [0.4, 0.5) is 5.69 Å². The van der Waals surface area contributed by atoms with Gasteiger partial charge in [0.25, 0.3) is 0 Å². The standard InChI is InChI=1S/C15H20ClN3O2/c1-2-9-5-6-18-13(7-9)15(21)19-10-3-4-12(16)11(8-10)14(17)20/h3-4,8-9,13,18H,2,5-7H2,1H3,(H2,17,20)(H,19,21). The van der Waals surface area contributed by atoms with Crippen molar-refractivity contribution in [1.82, 2.24) is 5.32 Å². The van der Waals surface area contributed by atoms with Gasteiger partial charge in [0.2, 0.25) is 11.8 Å². The molecule has 2 rings (SSSR count). The summed E-state index contributed by atoms with van der Waals surface area (Å²) in [7, 11) is 0. The lowest BCUT2D eigenvalue weighted by molar-refractivity contribution is -0.119. The van der Waals surface area contributed by atoms with E-state index in [4.69, 9.17) is 17.3 Å². The highest BCUT2D eigenvalue weighted by Crippen LogP contribution is 2.22. The Bertz CT molecular complexity index is 548. The number of piperidine rings is 1. The molecule has 0 aromatic heterocycles. The second kappa shape index (κ2) is 6.91. The van der Waals surface area contributed by atoms with Crippen molar-refractivity contribution in [3.8, 4) is 0 Å². The Hall–Kier alpha value is -1.59. The minimum atomic E-state index is -0.613. The maximum atomic E-state index is 12.3. The van der Waals surface area contributed by atoms with Crippen molar-refractivity contribution in [3.05, 3.63) is 28.8 Å². The molecule has 5 nitrogen and oxygen atoms in total. The highest BCUT2D eigenvalue weighted by atomic mass is 35.5.